The molecule has 0 spiro atoms. The molecule has 0 saturated carbocycles. The number of nitrogens with one attached hydrogen (secondary N) is 2. The Morgan fingerprint density at radius 1 is 1.30 bits per heavy atom. The molecule has 6 nitrogen and oxygen atoms in total. The van der Waals surface area contributed by atoms with Crippen LogP contribution in [0, 0.1) is 5.82 Å². The van der Waals surface area contributed by atoms with Gasteiger partial charge in [0.1, 0.15) is 18.0 Å². The Balaban J connectivity index is 1.74. The number of hydrogen-bond acceptors (Lipinski definition) is 3. The molecule has 0 saturated heterocycles. The van der Waals surface area contributed by atoms with E-state index in [1.165, 1.54) is 12.1 Å². The number of aromatic amines is 1. The van der Waals surface area contributed by atoms with E-state index in [4.69, 9.17) is 23.2 Å². The summed E-state index contributed by atoms with van der Waals surface area (Å²) in [5, 5.41) is 8.09. The van der Waals surface area contributed by atoms with E-state index in [-0.39, 0.29) is 23.4 Å². The number of amides is 1. The lowest BCUT2D eigenvalue weighted by molar-refractivity contribution is -0.121. The molecule has 0 unspecified atom stereocenters. The van der Waals surface area contributed by atoms with Crippen LogP contribution < -0.4 is 5.32 Å². The van der Waals surface area contributed by atoms with Gasteiger partial charge in [-0.3, -0.25) is 9.48 Å². The number of benzene rings is 1. The minimum absolute atomic E-state index is 0.0175. The van der Waals surface area contributed by atoms with Crippen LogP contribution in [-0.2, 0) is 11.3 Å². The lowest BCUT2D eigenvalue weighted by Gasteiger charge is -2.15. The van der Waals surface area contributed by atoms with Crippen molar-refractivity contribution in [3.05, 3.63) is 70.0 Å². The van der Waals surface area contributed by atoms with E-state index < -0.39 is 5.82 Å². The number of hydrogen-bond donors (Lipinski definition) is 2. The van der Waals surface area contributed by atoms with Gasteiger partial charge in [-0.15, -0.1) is 0 Å². The fourth-order valence-corrected chi connectivity index (χ4v) is 4.16. The molecule has 0 bridgehead atoms. The second-order valence-corrected chi connectivity index (χ2v) is 7.73. The maximum absolute atomic E-state index is 14.0. The smallest absolute Gasteiger partial charge is 0.241 e. The van der Waals surface area contributed by atoms with Crippen molar-refractivity contribution in [3.8, 4) is 11.1 Å². The van der Waals surface area contributed by atoms with E-state index >= 15 is 0 Å². The Morgan fingerprint density at radius 2 is 2.10 bits per heavy atom. The number of halogens is 3. The zero-order valence-electron chi connectivity index (χ0n) is 16.2. The van der Waals surface area contributed by atoms with Crippen LogP contribution in [0.1, 0.15) is 24.0 Å². The fraction of sp³-hybridized carbons (Fsp3) is 0.190. The predicted molar refractivity (Wildman–Crippen MR) is 115 cm³/mol. The molecule has 154 valence electrons. The topological polar surface area (TPSA) is 75.6 Å². The van der Waals surface area contributed by atoms with E-state index in [1.54, 1.807) is 30.3 Å². The van der Waals surface area contributed by atoms with Gasteiger partial charge < -0.3 is 10.3 Å². The number of fused-ring (bicyclic) bond motifs is 1. The zero-order valence-corrected chi connectivity index (χ0v) is 17.7. The third kappa shape index (κ3) is 3.66. The summed E-state index contributed by atoms with van der Waals surface area (Å²) in [6, 6.07) is 4.74. The van der Waals surface area contributed by atoms with Crippen LogP contribution in [0.2, 0.25) is 10.0 Å². The molecule has 9 heteroatoms. The number of pyridine rings is 1. The molecule has 2 N–H and O–H groups in total. The Bertz CT molecular complexity index is 1250. The number of nitrogens with zero attached hydrogens (tertiary/aromatic N) is 3. The molecule has 0 aliphatic rings. The van der Waals surface area contributed by atoms with Crippen molar-refractivity contribution in [1.82, 2.24) is 25.1 Å². The molecule has 0 aliphatic heterocycles. The summed E-state index contributed by atoms with van der Waals surface area (Å²) < 4.78 is 15.6. The molecule has 0 fully saturated rings. The van der Waals surface area contributed by atoms with Crippen molar-refractivity contribution >= 4 is 40.1 Å². The van der Waals surface area contributed by atoms with Crippen LogP contribution >= 0.6 is 23.2 Å². The number of likely N-dealkylation sites (N-methyl/N-ethyl adjacent to an activating group) is 1. The van der Waals surface area contributed by atoms with Gasteiger partial charge in [0, 0.05) is 53.1 Å². The molecule has 1 amide bonds. The Hall–Kier alpha value is -2.90. The fourth-order valence-electron chi connectivity index (χ4n) is 3.46. The van der Waals surface area contributed by atoms with Gasteiger partial charge in [0.25, 0.3) is 0 Å². The molecular weight excluding hydrogens is 428 g/mol. The largest absolute Gasteiger partial charge is 0.358 e. The first kappa shape index (κ1) is 20.4. The van der Waals surface area contributed by atoms with Crippen molar-refractivity contribution in [3.63, 3.8) is 0 Å². The summed E-state index contributed by atoms with van der Waals surface area (Å²) in [4.78, 5) is 19.2. The van der Waals surface area contributed by atoms with E-state index in [0.29, 0.717) is 16.2 Å². The minimum Gasteiger partial charge on any atom is -0.358 e. The second-order valence-electron chi connectivity index (χ2n) is 6.94. The van der Waals surface area contributed by atoms with Crippen LogP contribution in [0.4, 0.5) is 4.39 Å². The standard InChI is InChI=1S/C21H18Cl2FN5O/c1-11(19-16(22)3-4-17(24)20(19)23)15-8-27-21-14(15)5-12(6-26-21)13-7-28-29(9-13)10-18(30)25-2/h3-9,11H,10H2,1-2H3,(H,25,30)(H,26,27)/t11-/m0/s1. The summed E-state index contributed by atoms with van der Waals surface area (Å²) in [5.74, 6) is -0.906. The molecule has 3 heterocycles. The SMILES string of the molecule is CNC(=O)Cn1cc(-c2cnc3[nH]cc([C@H](C)c4c(Cl)ccc(F)c4Cl)c3c2)cn1. The lowest BCUT2D eigenvalue weighted by Crippen LogP contribution is -2.23. The Kier molecular flexibility index (Phi) is 5.49. The van der Waals surface area contributed by atoms with Crippen molar-refractivity contribution < 1.29 is 9.18 Å². The Morgan fingerprint density at radius 3 is 2.87 bits per heavy atom. The van der Waals surface area contributed by atoms with E-state index in [0.717, 1.165) is 22.1 Å². The summed E-state index contributed by atoms with van der Waals surface area (Å²) in [5.41, 5.74) is 3.79. The van der Waals surface area contributed by atoms with Crippen molar-refractivity contribution in [1.29, 1.82) is 0 Å². The van der Waals surface area contributed by atoms with Gasteiger partial charge in [-0.25, -0.2) is 9.37 Å². The van der Waals surface area contributed by atoms with Gasteiger partial charge in [-0.05, 0) is 29.3 Å². The lowest BCUT2D eigenvalue weighted by atomic mass is 9.92. The number of rotatable bonds is 5. The van der Waals surface area contributed by atoms with E-state index in [1.807, 2.05) is 19.2 Å². The second kappa shape index (κ2) is 8.08. The van der Waals surface area contributed by atoms with Crippen LogP contribution in [0.25, 0.3) is 22.2 Å². The van der Waals surface area contributed by atoms with Crippen LogP contribution in [0.15, 0.2) is 43.0 Å². The molecule has 4 aromatic rings. The highest BCUT2D eigenvalue weighted by Gasteiger charge is 2.22. The van der Waals surface area contributed by atoms with Crippen LogP contribution in [0.5, 0.6) is 0 Å². The normalized spacial score (nSPS) is 12.3. The molecule has 0 aliphatic carbocycles. The molecular formula is C21H18Cl2FN5O. The van der Waals surface area contributed by atoms with Crippen molar-refractivity contribution in [2.24, 2.45) is 0 Å². The molecule has 1 aromatic carbocycles. The molecule has 3 aromatic heterocycles. The first-order valence-corrected chi connectivity index (χ1v) is 9.98. The van der Waals surface area contributed by atoms with Crippen LogP contribution in [0.3, 0.4) is 0 Å². The summed E-state index contributed by atoms with van der Waals surface area (Å²) in [6.07, 6.45) is 7.03. The van der Waals surface area contributed by atoms with Gasteiger partial charge in [-0.2, -0.15) is 5.10 Å². The molecule has 1 atom stereocenters. The summed E-state index contributed by atoms with van der Waals surface area (Å²) >= 11 is 12.5. The van der Waals surface area contributed by atoms with E-state index in [2.05, 4.69) is 20.4 Å². The van der Waals surface area contributed by atoms with Gasteiger partial charge >= 0.3 is 0 Å². The first-order valence-electron chi connectivity index (χ1n) is 9.23. The molecule has 0 radical (unpaired) electrons. The first-order chi connectivity index (χ1) is 14.4. The number of carbonyl (C=O) groups excluding carboxylic acids is 1. The highest BCUT2D eigenvalue weighted by molar-refractivity contribution is 6.36. The monoisotopic (exact) mass is 445 g/mol. The molecule has 4 rings (SSSR count). The van der Waals surface area contributed by atoms with Crippen molar-refractivity contribution in [2.75, 3.05) is 7.05 Å². The summed E-state index contributed by atoms with van der Waals surface area (Å²) in [7, 11) is 1.58. The Labute approximate surface area is 182 Å². The van der Waals surface area contributed by atoms with Gasteiger partial charge in [0.05, 0.1) is 11.2 Å². The zero-order chi connectivity index (χ0) is 21.4. The quantitative estimate of drug-likeness (QED) is 0.434. The molecule has 30 heavy (non-hydrogen) atoms. The highest BCUT2D eigenvalue weighted by Crippen LogP contribution is 2.39. The average Bonchev–Trinajstić information content (AvgIpc) is 3.37. The van der Waals surface area contributed by atoms with Gasteiger partial charge in [-0.1, -0.05) is 30.1 Å². The van der Waals surface area contributed by atoms with E-state index in [9.17, 15) is 9.18 Å². The maximum Gasteiger partial charge on any atom is 0.241 e. The third-order valence-electron chi connectivity index (χ3n) is 5.09. The van der Waals surface area contributed by atoms with Gasteiger partial charge in [0.15, 0.2) is 0 Å². The average molecular weight is 446 g/mol. The predicted octanol–water partition coefficient (Wildman–Crippen LogP) is 4.77. The van der Waals surface area contributed by atoms with Crippen molar-refractivity contribution in [2.45, 2.75) is 19.4 Å². The highest BCUT2D eigenvalue weighted by atomic mass is 35.5. The minimum atomic E-state index is -0.509. The van der Waals surface area contributed by atoms with Crippen LogP contribution in [-0.4, -0.2) is 32.7 Å². The summed E-state index contributed by atoms with van der Waals surface area (Å²) in [6.45, 7) is 2.05. The number of aromatic nitrogens is 4. The maximum atomic E-state index is 14.0. The van der Waals surface area contributed by atoms with Gasteiger partial charge in [0.2, 0.25) is 5.91 Å². The number of H-pyrrole nitrogens is 1. The third-order valence-corrected chi connectivity index (χ3v) is 5.81. The number of carbonyl (C=O) groups is 1.